The molecule has 3 rings (SSSR count). The molecule has 80 valence electrons. The van der Waals surface area contributed by atoms with E-state index in [4.69, 9.17) is 5.73 Å². The molecule has 5 nitrogen and oxygen atoms in total. The Morgan fingerprint density at radius 1 is 1.25 bits per heavy atom. The third-order valence-corrected chi connectivity index (χ3v) is 2.70. The Hall–Kier alpha value is -2.17. The van der Waals surface area contributed by atoms with Gasteiger partial charge in [0.1, 0.15) is 5.69 Å². The van der Waals surface area contributed by atoms with Crippen molar-refractivity contribution in [3.8, 4) is 0 Å². The number of azo groups is 1. The molecular formula is C11H11N5. The minimum Gasteiger partial charge on any atom is -0.394 e. The number of hydrogen-bond acceptors (Lipinski definition) is 4. The fourth-order valence-electron chi connectivity index (χ4n) is 1.81. The van der Waals surface area contributed by atoms with Crippen molar-refractivity contribution >= 4 is 11.5 Å². The van der Waals surface area contributed by atoms with E-state index in [9.17, 15) is 0 Å². The lowest BCUT2D eigenvalue weighted by molar-refractivity contribution is 0.568. The Morgan fingerprint density at radius 3 is 2.75 bits per heavy atom. The highest BCUT2D eigenvalue weighted by Crippen LogP contribution is 2.37. The van der Waals surface area contributed by atoms with Gasteiger partial charge in [-0.15, -0.1) is 5.11 Å². The van der Waals surface area contributed by atoms with E-state index < -0.39 is 0 Å². The van der Waals surface area contributed by atoms with Crippen LogP contribution >= 0.6 is 0 Å². The first-order chi connectivity index (χ1) is 7.77. The molecule has 0 aliphatic carbocycles. The molecule has 0 spiro atoms. The molecule has 1 aliphatic rings. The summed E-state index contributed by atoms with van der Waals surface area (Å²) >= 11 is 0. The van der Waals surface area contributed by atoms with Crippen LogP contribution in [0.1, 0.15) is 17.4 Å². The number of benzene rings is 1. The van der Waals surface area contributed by atoms with E-state index in [-0.39, 0.29) is 6.17 Å². The van der Waals surface area contributed by atoms with Gasteiger partial charge in [0.25, 0.3) is 0 Å². The predicted molar refractivity (Wildman–Crippen MR) is 60.5 cm³/mol. The van der Waals surface area contributed by atoms with Crippen LogP contribution in [-0.2, 0) is 0 Å². The van der Waals surface area contributed by atoms with Gasteiger partial charge in [-0.2, -0.15) is 10.2 Å². The van der Waals surface area contributed by atoms with Crippen molar-refractivity contribution in [2.24, 2.45) is 10.2 Å². The van der Waals surface area contributed by atoms with Crippen molar-refractivity contribution in [1.29, 1.82) is 0 Å². The maximum Gasteiger partial charge on any atom is 0.198 e. The summed E-state index contributed by atoms with van der Waals surface area (Å²) in [6.45, 7) is 1.87. The first-order valence-electron chi connectivity index (χ1n) is 5.08. The minimum absolute atomic E-state index is 0.174. The van der Waals surface area contributed by atoms with E-state index in [1.165, 1.54) is 0 Å². The van der Waals surface area contributed by atoms with Crippen LogP contribution in [0.2, 0.25) is 0 Å². The summed E-state index contributed by atoms with van der Waals surface area (Å²) in [4.78, 5) is 0. The van der Waals surface area contributed by atoms with Crippen molar-refractivity contribution in [3.63, 3.8) is 0 Å². The summed E-state index contributed by atoms with van der Waals surface area (Å²) in [6.07, 6.45) is -0.174. The van der Waals surface area contributed by atoms with Crippen LogP contribution in [0.4, 0.5) is 11.5 Å². The fraction of sp³-hybridized carbons (Fsp3) is 0.182. The molecule has 2 N–H and O–H groups in total. The van der Waals surface area contributed by atoms with Gasteiger partial charge in [0, 0.05) is 5.56 Å². The van der Waals surface area contributed by atoms with E-state index in [0.717, 1.165) is 11.3 Å². The standard InChI is InChI=1S/C11H11N5/c1-7-9(12)11-14-13-10(16(11)15-7)8-5-3-2-4-6-8/h2-6,10H,12H2,1H3. The molecule has 5 heteroatoms. The summed E-state index contributed by atoms with van der Waals surface area (Å²) in [7, 11) is 0. The van der Waals surface area contributed by atoms with Crippen LogP contribution < -0.4 is 5.73 Å². The number of nitrogens with zero attached hydrogens (tertiary/aromatic N) is 4. The lowest BCUT2D eigenvalue weighted by Crippen LogP contribution is -2.05. The molecule has 16 heavy (non-hydrogen) atoms. The lowest BCUT2D eigenvalue weighted by atomic mass is 10.2. The highest BCUT2D eigenvalue weighted by Gasteiger charge is 2.25. The van der Waals surface area contributed by atoms with Crippen molar-refractivity contribution in [2.45, 2.75) is 13.1 Å². The molecule has 1 aliphatic heterocycles. The van der Waals surface area contributed by atoms with Gasteiger partial charge in [0.15, 0.2) is 12.0 Å². The van der Waals surface area contributed by atoms with Gasteiger partial charge in [0.2, 0.25) is 0 Å². The zero-order chi connectivity index (χ0) is 11.1. The zero-order valence-electron chi connectivity index (χ0n) is 8.83. The Kier molecular flexibility index (Phi) is 1.80. The molecule has 2 aromatic rings. The minimum atomic E-state index is -0.174. The molecule has 1 aromatic heterocycles. The molecule has 0 saturated carbocycles. The van der Waals surface area contributed by atoms with Gasteiger partial charge in [0.05, 0.1) is 5.69 Å². The highest BCUT2D eigenvalue weighted by molar-refractivity contribution is 5.62. The van der Waals surface area contributed by atoms with Crippen molar-refractivity contribution < 1.29 is 0 Å². The van der Waals surface area contributed by atoms with E-state index in [1.807, 2.05) is 37.3 Å². The van der Waals surface area contributed by atoms with Gasteiger partial charge in [-0.1, -0.05) is 30.3 Å². The SMILES string of the molecule is Cc1nn2c(c1N)N=NC2c1ccccc1. The highest BCUT2D eigenvalue weighted by atomic mass is 15.5. The Bertz CT molecular complexity index is 555. The van der Waals surface area contributed by atoms with E-state index in [2.05, 4.69) is 15.3 Å². The Morgan fingerprint density at radius 2 is 2.00 bits per heavy atom. The largest absolute Gasteiger partial charge is 0.394 e. The van der Waals surface area contributed by atoms with Gasteiger partial charge in [-0.05, 0) is 6.92 Å². The molecule has 0 saturated heterocycles. The Balaban J connectivity index is 2.11. The van der Waals surface area contributed by atoms with Crippen LogP contribution in [0.3, 0.4) is 0 Å². The summed E-state index contributed by atoms with van der Waals surface area (Å²) < 4.78 is 1.76. The van der Waals surface area contributed by atoms with E-state index in [1.54, 1.807) is 4.68 Å². The number of nitrogens with two attached hydrogens (primary N) is 1. The fourth-order valence-corrected chi connectivity index (χ4v) is 1.81. The third-order valence-electron chi connectivity index (χ3n) is 2.70. The molecule has 0 amide bonds. The second kappa shape index (κ2) is 3.16. The normalized spacial score (nSPS) is 17.7. The van der Waals surface area contributed by atoms with Crippen molar-refractivity contribution in [1.82, 2.24) is 9.78 Å². The quantitative estimate of drug-likeness (QED) is 0.790. The second-order valence-corrected chi connectivity index (χ2v) is 3.77. The maximum atomic E-state index is 5.86. The van der Waals surface area contributed by atoms with Gasteiger partial charge in [-0.25, -0.2) is 4.68 Å². The Labute approximate surface area is 92.6 Å². The summed E-state index contributed by atoms with van der Waals surface area (Å²) in [6, 6.07) is 9.93. The maximum absolute atomic E-state index is 5.86. The zero-order valence-corrected chi connectivity index (χ0v) is 8.83. The summed E-state index contributed by atoms with van der Waals surface area (Å²) in [5, 5.41) is 12.6. The molecule has 1 unspecified atom stereocenters. The summed E-state index contributed by atoms with van der Waals surface area (Å²) in [5.41, 5.74) is 8.33. The molecule has 1 aromatic carbocycles. The third kappa shape index (κ3) is 1.14. The van der Waals surface area contributed by atoms with E-state index in [0.29, 0.717) is 11.5 Å². The predicted octanol–water partition coefficient (Wildman–Crippen LogP) is 2.42. The molecule has 0 fully saturated rings. The molecule has 1 atom stereocenters. The van der Waals surface area contributed by atoms with Gasteiger partial charge >= 0.3 is 0 Å². The van der Waals surface area contributed by atoms with Crippen molar-refractivity contribution in [3.05, 3.63) is 41.6 Å². The molecule has 2 heterocycles. The van der Waals surface area contributed by atoms with E-state index >= 15 is 0 Å². The number of hydrogen-bond donors (Lipinski definition) is 1. The number of aryl methyl sites for hydroxylation is 1. The van der Waals surface area contributed by atoms with Gasteiger partial charge < -0.3 is 5.73 Å². The molecule has 0 bridgehead atoms. The second-order valence-electron chi connectivity index (χ2n) is 3.77. The number of anilines is 1. The average Bonchev–Trinajstić information content (AvgIpc) is 2.83. The number of fused-ring (bicyclic) bond motifs is 1. The average molecular weight is 213 g/mol. The van der Waals surface area contributed by atoms with Gasteiger partial charge in [-0.3, -0.25) is 0 Å². The first kappa shape index (κ1) is 9.08. The number of nitrogen functional groups attached to an aromatic ring is 1. The summed E-state index contributed by atoms with van der Waals surface area (Å²) in [5.74, 6) is 0.659. The van der Waals surface area contributed by atoms with Crippen LogP contribution in [0, 0.1) is 6.92 Å². The molecular weight excluding hydrogens is 202 g/mol. The first-order valence-corrected chi connectivity index (χ1v) is 5.08. The topological polar surface area (TPSA) is 68.6 Å². The monoisotopic (exact) mass is 213 g/mol. The smallest absolute Gasteiger partial charge is 0.198 e. The van der Waals surface area contributed by atoms with Crippen LogP contribution in [0.15, 0.2) is 40.6 Å². The van der Waals surface area contributed by atoms with Crippen LogP contribution in [0.25, 0.3) is 0 Å². The molecule has 0 radical (unpaired) electrons. The van der Waals surface area contributed by atoms with Crippen LogP contribution in [-0.4, -0.2) is 9.78 Å². The number of aromatic nitrogens is 2. The van der Waals surface area contributed by atoms with Crippen LogP contribution in [0.5, 0.6) is 0 Å². The number of rotatable bonds is 1. The van der Waals surface area contributed by atoms with Crippen molar-refractivity contribution in [2.75, 3.05) is 5.73 Å². The lowest BCUT2D eigenvalue weighted by Gasteiger charge is -2.07.